The largest absolute Gasteiger partial charge is 0.490 e. The first-order chi connectivity index (χ1) is 15.2. The second-order valence-electron chi connectivity index (χ2n) is 8.50. The Bertz CT molecular complexity index is 891. The maximum Gasteiger partial charge on any atom is 0.312 e. The molecule has 1 fully saturated rings. The van der Waals surface area contributed by atoms with Crippen LogP contribution in [0.1, 0.15) is 43.2 Å². The Morgan fingerprint density at radius 3 is 2.61 bits per heavy atom. The van der Waals surface area contributed by atoms with Gasteiger partial charge in [-0.1, -0.05) is 30.7 Å². The zero-order valence-corrected chi connectivity index (χ0v) is 17.9. The minimum Gasteiger partial charge on any atom is -0.490 e. The lowest BCUT2D eigenvalue weighted by atomic mass is 9.74. The lowest BCUT2D eigenvalue weighted by molar-refractivity contribution is -0.162. The highest BCUT2D eigenvalue weighted by atomic mass is 16.6. The van der Waals surface area contributed by atoms with Crippen LogP contribution in [0.4, 0.5) is 0 Å². The van der Waals surface area contributed by atoms with Gasteiger partial charge in [0.2, 0.25) is 5.91 Å². The number of nitrogens with zero attached hydrogens (tertiary/aromatic N) is 2. The number of cyclic esters (lactones) is 1. The number of carbonyl (C=O) groups is 2. The van der Waals surface area contributed by atoms with Gasteiger partial charge in [0, 0.05) is 25.5 Å². The first-order valence-electron chi connectivity index (χ1n) is 11.2. The molecule has 31 heavy (non-hydrogen) atoms. The van der Waals surface area contributed by atoms with Gasteiger partial charge in [0.15, 0.2) is 0 Å². The summed E-state index contributed by atoms with van der Waals surface area (Å²) in [7, 11) is 0. The van der Waals surface area contributed by atoms with Gasteiger partial charge in [-0.2, -0.15) is 0 Å². The molecule has 6 nitrogen and oxygen atoms in total. The Hall–Kier alpha value is -2.89. The molecule has 4 rings (SSSR count). The highest BCUT2D eigenvalue weighted by Gasteiger charge is 2.43. The molecule has 1 aromatic carbocycles. The number of ether oxygens (including phenoxy) is 2. The van der Waals surface area contributed by atoms with Crippen molar-refractivity contribution in [2.75, 3.05) is 26.3 Å². The number of piperidine rings is 1. The van der Waals surface area contributed by atoms with E-state index in [0.29, 0.717) is 39.0 Å². The van der Waals surface area contributed by atoms with Crippen LogP contribution < -0.4 is 4.74 Å². The number of carbonyl (C=O) groups excluding carboxylic acids is 2. The van der Waals surface area contributed by atoms with Crippen molar-refractivity contribution in [3.63, 3.8) is 0 Å². The molecular formula is C25H30N2O4. The van der Waals surface area contributed by atoms with Crippen molar-refractivity contribution in [3.8, 4) is 5.75 Å². The molecule has 2 aliphatic rings. The van der Waals surface area contributed by atoms with Crippen LogP contribution in [0.15, 0.2) is 48.8 Å². The Labute approximate surface area is 183 Å². The van der Waals surface area contributed by atoms with Gasteiger partial charge in [0.05, 0.1) is 11.8 Å². The maximum atomic E-state index is 13.0. The lowest BCUT2D eigenvalue weighted by Crippen LogP contribution is -2.47. The minimum atomic E-state index is -0.496. The SMILES string of the molecule is O=C(Cc1cccnc1)N1CCC2(CCCCc3ccccc3OCCOC2=O)CC1. The van der Waals surface area contributed by atoms with E-state index in [1.54, 1.807) is 12.4 Å². The number of aryl methyl sites for hydroxylation is 1. The molecule has 0 atom stereocenters. The third-order valence-electron chi connectivity index (χ3n) is 6.48. The molecule has 0 N–H and O–H groups in total. The van der Waals surface area contributed by atoms with E-state index in [4.69, 9.17) is 9.47 Å². The second-order valence-corrected chi connectivity index (χ2v) is 8.50. The van der Waals surface area contributed by atoms with Crippen molar-refractivity contribution in [3.05, 3.63) is 59.9 Å². The Morgan fingerprint density at radius 2 is 1.81 bits per heavy atom. The molecule has 1 amide bonds. The number of hydrogen-bond donors (Lipinski definition) is 0. The van der Waals surface area contributed by atoms with Gasteiger partial charge in [0.1, 0.15) is 19.0 Å². The molecule has 0 unspecified atom stereocenters. The van der Waals surface area contributed by atoms with E-state index < -0.39 is 5.41 Å². The highest BCUT2D eigenvalue weighted by molar-refractivity contribution is 5.80. The summed E-state index contributed by atoms with van der Waals surface area (Å²) in [5.74, 6) is 0.841. The highest BCUT2D eigenvalue weighted by Crippen LogP contribution is 2.39. The predicted octanol–water partition coefficient (Wildman–Crippen LogP) is 3.58. The quantitative estimate of drug-likeness (QED) is 0.692. The van der Waals surface area contributed by atoms with Gasteiger partial charge in [0.25, 0.3) is 0 Å². The maximum absolute atomic E-state index is 13.0. The summed E-state index contributed by atoms with van der Waals surface area (Å²) in [6.45, 7) is 1.79. The third kappa shape index (κ3) is 5.24. The molecule has 2 aromatic rings. The van der Waals surface area contributed by atoms with E-state index >= 15 is 0 Å². The number of fused-ring (bicyclic) bond motifs is 1. The summed E-state index contributed by atoms with van der Waals surface area (Å²) in [4.78, 5) is 31.7. The molecule has 0 saturated carbocycles. The number of esters is 1. The summed E-state index contributed by atoms with van der Waals surface area (Å²) in [6, 6.07) is 11.8. The number of likely N-dealkylation sites (tertiary alicyclic amines) is 1. The first-order valence-corrected chi connectivity index (χ1v) is 11.2. The smallest absolute Gasteiger partial charge is 0.312 e. The molecule has 0 aliphatic carbocycles. The summed E-state index contributed by atoms with van der Waals surface area (Å²) < 4.78 is 11.5. The fourth-order valence-corrected chi connectivity index (χ4v) is 4.60. The number of pyridine rings is 1. The van der Waals surface area contributed by atoms with Crippen LogP contribution in [-0.2, 0) is 27.2 Å². The van der Waals surface area contributed by atoms with Crippen LogP contribution in [0.25, 0.3) is 0 Å². The molecule has 1 saturated heterocycles. The molecule has 2 aliphatic heterocycles. The van der Waals surface area contributed by atoms with Crippen molar-refractivity contribution in [2.45, 2.75) is 44.9 Å². The summed E-state index contributed by atoms with van der Waals surface area (Å²) >= 11 is 0. The zero-order valence-electron chi connectivity index (χ0n) is 17.9. The first kappa shape index (κ1) is 21.3. The van der Waals surface area contributed by atoms with Crippen molar-refractivity contribution in [1.29, 1.82) is 0 Å². The van der Waals surface area contributed by atoms with Gasteiger partial charge < -0.3 is 14.4 Å². The van der Waals surface area contributed by atoms with Crippen LogP contribution in [0, 0.1) is 5.41 Å². The van der Waals surface area contributed by atoms with Crippen LogP contribution in [0.2, 0.25) is 0 Å². The van der Waals surface area contributed by atoms with E-state index in [2.05, 4.69) is 11.1 Å². The monoisotopic (exact) mass is 422 g/mol. The number of hydrogen-bond acceptors (Lipinski definition) is 5. The van der Waals surface area contributed by atoms with Crippen LogP contribution in [-0.4, -0.2) is 48.1 Å². The zero-order chi connectivity index (χ0) is 21.5. The molecule has 0 bridgehead atoms. The van der Waals surface area contributed by atoms with E-state index in [1.807, 2.05) is 35.2 Å². The third-order valence-corrected chi connectivity index (χ3v) is 6.48. The minimum absolute atomic E-state index is 0.0920. The van der Waals surface area contributed by atoms with E-state index in [-0.39, 0.29) is 18.5 Å². The van der Waals surface area contributed by atoms with Gasteiger partial charge in [-0.25, -0.2) is 0 Å². The molecule has 6 heteroatoms. The standard InChI is InChI=1S/C25H30N2O4/c28-23(18-20-6-5-13-26-19-20)27-14-11-25(12-15-27)10-4-3-8-21-7-1-2-9-22(21)30-16-17-31-24(25)29/h1-2,5-7,9,13,19H,3-4,8,10-12,14-18H2. The lowest BCUT2D eigenvalue weighted by Gasteiger charge is -2.40. The van der Waals surface area contributed by atoms with E-state index in [0.717, 1.165) is 37.0 Å². The van der Waals surface area contributed by atoms with Crippen LogP contribution >= 0.6 is 0 Å². The molecular weight excluding hydrogens is 392 g/mol. The molecule has 164 valence electrons. The van der Waals surface area contributed by atoms with Crippen molar-refractivity contribution in [2.24, 2.45) is 5.41 Å². The van der Waals surface area contributed by atoms with Crippen molar-refractivity contribution >= 4 is 11.9 Å². The molecule has 3 heterocycles. The fourth-order valence-electron chi connectivity index (χ4n) is 4.60. The summed E-state index contributed by atoms with van der Waals surface area (Å²) in [5, 5.41) is 0. The average molecular weight is 423 g/mol. The van der Waals surface area contributed by atoms with Crippen molar-refractivity contribution in [1.82, 2.24) is 9.88 Å². The predicted molar refractivity (Wildman–Crippen MR) is 117 cm³/mol. The van der Waals surface area contributed by atoms with Gasteiger partial charge >= 0.3 is 5.97 Å². The molecule has 1 spiro atoms. The van der Waals surface area contributed by atoms with Gasteiger partial charge in [-0.3, -0.25) is 14.6 Å². The summed E-state index contributed by atoms with van der Waals surface area (Å²) in [6.07, 6.45) is 8.79. The van der Waals surface area contributed by atoms with Crippen molar-refractivity contribution < 1.29 is 19.1 Å². The molecule has 1 aromatic heterocycles. The number of para-hydroxylation sites is 1. The molecule has 0 radical (unpaired) electrons. The Morgan fingerprint density at radius 1 is 1.00 bits per heavy atom. The van der Waals surface area contributed by atoms with E-state index in [1.165, 1.54) is 5.56 Å². The fraction of sp³-hybridized carbons (Fsp3) is 0.480. The number of aromatic nitrogens is 1. The topological polar surface area (TPSA) is 68.7 Å². The summed E-state index contributed by atoms with van der Waals surface area (Å²) in [5.41, 5.74) is 1.63. The van der Waals surface area contributed by atoms with Crippen LogP contribution in [0.3, 0.4) is 0 Å². The second kappa shape index (κ2) is 9.94. The number of rotatable bonds is 2. The number of amides is 1. The number of benzene rings is 1. The Kier molecular flexibility index (Phi) is 6.85. The van der Waals surface area contributed by atoms with Gasteiger partial charge in [-0.05, 0) is 55.4 Å². The van der Waals surface area contributed by atoms with E-state index in [9.17, 15) is 9.59 Å². The van der Waals surface area contributed by atoms with Crippen LogP contribution in [0.5, 0.6) is 5.75 Å². The van der Waals surface area contributed by atoms with Gasteiger partial charge in [-0.15, -0.1) is 0 Å². The Balaban J connectivity index is 1.37. The normalized spacial score (nSPS) is 19.4. The average Bonchev–Trinajstić information content (AvgIpc) is 2.80.